The summed E-state index contributed by atoms with van der Waals surface area (Å²) in [6.07, 6.45) is 7.18. The Morgan fingerprint density at radius 3 is 2.71 bits per heavy atom. The topological polar surface area (TPSA) is 77.7 Å². The first-order chi connectivity index (χ1) is 13.6. The Labute approximate surface area is 166 Å². The molecule has 0 bridgehead atoms. The highest BCUT2D eigenvalue weighted by atomic mass is 16.5. The number of carbonyl (C=O) groups excluding carboxylic acids is 1. The molecule has 0 saturated heterocycles. The van der Waals surface area contributed by atoms with Gasteiger partial charge in [0.1, 0.15) is 0 Å². The third kappa shape index (κ3) is 4.81. The lowest BCUT2D eigenvalue weighted by Gasteiger charge is -2.32. The van der Waals surface area contributed by atoms with Crippen LogP contribution >= 0.6 is 0 Å². The molecule has 1 amide bonds. The largest absolute Gasteiger partial charge is 0.493 e. The summed E-state index contributed by atoms with van der Waals surface area (Å²) in [7, 11) is 3.23. The van der Waals surface area contributed by atoms with Gasteiger partial charge in [-0.25, -0.2) is 0 Å². The van der Waals surface area contributed by atoms with Crippen LogP contribution in [0.25, 0.3) is 0 Å². The zero-order valence-electron chi connectivity index (χ0n) is 16.6. The van der Waals surface area contributed by atoms with E-state index in [2.05, 4.69) is 4.98 Å². The first kappa shape index (κ1) is 20.1. The van der Waals surface area contributed by atoms with E-state index in [1.54, 1.807) is 26.6 Å². The van der Waals surface area contributed by atoms with Crippen molar-refractivity contribution in [3.63, 3.8) is 0 Å². The molecule has 2 N–H and O–H groups in total. The van der Waals surface area contributed by atoms with Crippen molar-refractivity contribution in [2.24, 2.45) is 11.7 Å². The van der Waals surface area contributed by atoms with Crippen LogP contribution in [-0.4, -0.2) is 36.1 Å². The molecule has 1 fully saturated rings. The van der Waals surface area contributed by atoms with Crippen molar-refractivity contribution in [2.75, 3.05) is 14.2 Å². The number of para-hydroxylation sites is 1. The molecule has 2 atom stereocenters. The highest BCUT2D eigenvalue weighted by molar-refractivity contribution is 5.79. The van der Waals surface area contributed by atoms with Crippen LogP contribution in [0.3, 0.4) is 0 Å². The number of amides is 1. The van der Waals surface area contributed by atoms with Gasteiger partial charge in [-0.3, -0.25) is 9.78 Å². The Kier molecular flexibility index (Phi) is 6.87. The van der Waals surface area contributed by atoms with Gasteiger partial charge in [0, 0.05) is 43.0 Å². The van der Waals surface area contributed by atoms with E-state index >= 15 is 0 Å². The molecule has 1 aromatic carbocycles. The molecule has 1 aliphatic rings. The van der Waals surface area contributed by atoms with Crippen LogP contribution in [0.15, 0.2) is 42.7 Å². The molecule has 3 rings (SSSR count). The smallest absolute Gasteiger partial charge is 0.226 e. The SMILES string of the molecule is COc1cccc(CN(Cc2cccnc2)C(=O)[C@H]2CCC[C@@H](N)C2)c1OC. The molecular weight excluding hydrogens is 354 g/mol. The maximum Gasteiger partial charge on any atom is 0.226 e. The van der Waals surface area contributed by atoms with Crippen molar-refractivity contribution in [3.8, 4) is 11.5 Å². The van der Waals surface area contributed by atoms with Crippen LogP contribution in [-0.2, 0) is 17.9 Å². The van der Waals surface area contributed by atoms with Gasteiger partial charge < -0.3 is 20.1 Å². The lowest BCUT2D eigenvalue weighted by molar-refractivity contribution is -0.138. The number of carbonyl (C=O) groups is 1. The maximum atomic E-state index is 13.4. The molecule has 28 heavy (non-hydrogen) atoms. The van der Waals surface area contributed by atoms with Crippen molar-refractivity contribution >= 4 is 5.91 Å². The molecule has 150 valence electrons. The number of nitrogens with two attached hydrogens (primary N) is 1. The van der Waals surface area contributed by atoms with Crippen molar-refractivity contribution in [3.05, 3.63) is 53.9 Å². The van der Waals surface area contributed by atoms with E-state index in [4.69, 9.17) is 15.2 Å². The van der Waals surface area contributed by atoms with E-state index in [9.17, 15) is 4.79 Å². The van der Waals surface area contributed by atoms with Crippen LogP contribution in [0.1, 0.15) is 36.8 Å². The summed E-state index contributed by atoms with van der Waals surface area (Å²) < 4.78 is 11.0. The number of ether oxygens (including phenoxy) is 2. The number of hydrogen-bond acceptors (Lipinski definition) is 5. The van der Waals surface area contributed by atoms with Gasteiger partial charge in [0.15, 0.2) is 11.5 Å². The maximum absolute atomic E-state index is 13.4. The number of hydrogen-bond donors (Lipinski definition) is 1. The highest BCUT2D eigenvalue weighted by Crippen LogP contribution is 2.33. The van der Waals surface area contributed by atoms with Gasteiger partial charge in [0.2, 0.25) is 5.91 Å². The van der Waals surface area contributed by atoms with Crippen molar-refractivity contribution < 1.29 is 14.3 Å². The Morgan fingerprint density at radius 1 is 1.18 bits per heavy atom. The first-order valence-electron chi connectivity index (χ1n) is 9.75. The van der Waals surface area contributed by atoms with E-state index in [1.807, 2.05) is 35.2 Å². The monoisotopic (exact) mass is 383 g/mol. The Balaban J connectivity index is 1.87. The van der Waals surface area contributed by atoms with Gasteiger partial charge in [0.25, 0.3) is 0 Å². The molecule has 0 aliphatic heterocycles. The van der Waals surface area contributed by atoms with Crippen molar-refractivity contribution in [2.45, 2.75) is 44.8 Å². The first-order valence-corrected chi connectivity index (χ1v) is 9.75. The van der Waals surface area contributed by atoms with Gasteiger partial charge >= 0.3 is 0 Å². The summed E-state index contributed by atoms with van der Waals surface area (Å²) in [4.78, 5) is 19.5. The minimum atomic E-state index is -0.0305. The van der Waals surface area contributed by atoms with Gasteiger partial charge in [-0.15, -0.1) is 0 Å². The van der Waals surface area contributed by atoms with E-state index < -0.39 is 0 Å². The zero-order valence-corrected chi connectivity index (χ0v) is 16.6. The second-order valence-electron chi connectivity index (χ2n) is 7.33. The van der Waals surface area contributed by atoms with Gasteiger partial charge in [-0.2, -0.15) is 0 Å². The number of methoxy groups -OCH3 is 2. The molecule has 2 aromatic rings. The third-order valence-corrected chi connectivity index (χ3v) is 5.32. The Bertz CT molecular complexity index is 782. The normalized spacial score (nSPS) is 19.1. The molecular formula is C22H29N3O3. The molecule has 1 saturated carbocycles. The lowest BCUT2D eigenvalue weighted by atomic mass is 9.85. The standard InChI is InChI=1S/C22H29N3O3/c1-27-20-10-4-8-18(21(20)28-2)15-25(14-16-6-5-11-24-13-16)22(26)17-7-3-9-19(23)12-17/h4-6,8,10-11,13,17,19H,3,7,9,12,14-15,23H2,1-2H3/t17-,19+/m0/s1. The molecule has 1 aliphatic carbocycles. The van der Waals surface area contributed by atoms with Crippen LogP contribution in [0.2, 0.25) is 0 Å². The average Bonchev–Trinajstić information content (AvgIpc) is 2.73. The third-order valence-electron chi connectivity index (χ3n) is 5.32. The summed E-state index contributed by atoms with van der Waals surface area (Å²) in [5.41, 5.74) is 8.05. The predicted molar refractivity (Wildman–Crippen MR) is 108 cm³/mol. The highest BCUT2D eigenvalue weighted by Gasteiger charge is 2.29. The number of nitrogens with zero attached hydrogens (tertiary/aromatic N) is 2. The minimum Gasteiger partial charge on any atom is -0.493 e. The average molecular weight is 383 g/mol. The van der Waals surface area contributed by atoms with Crippen LogP contribution in [0.4, 0.5) is 0 Å². The van der Waals surface area contributed by atoms with Crippen molar-refractivity contribution in [1.82, 2.24) is 9.88 Å². The quantitative estimate of drug-likeness (QED) is 0.795. The molecule has 0 unspecified atom stereocenters. The van der Waals surface area contributed by atoms with Crippen LogP contribution in [0.5, 0.6) is 11.5 Å². The predicted octanol–water partition coefficient (Wildman–Crippen LogP) is 3.15. The number of aromatic nitrogens is 1. The summed E-state index contributed by atoms with van der Waals surface area (Å²) in [6, 6.07) is 9.73. The molecule has 0 spiro atoms. The fourth-order valence-electron chi connectivity index (χ4n) is 3.92. The fraction of sp³-hybridized carbons (Fsp3) is 0.455. The fourth-order valence-corrected chi connectivity index (χ4v) is 3.92. The van der Waals surface area contributed by atoms with E-state index in [-0.39, 0.29) is 17.9 Å². The van der Waals surface area contributed by atoms with Gasteiger partial charge in [-0.05, 0) is 37.0 Å². The minimum absolute atomic E-state index is 0.0305. The molecule has 1 aromatic heterocycles. The second-order valence-corrected chi connectivity index (χ2v) is 7.33. The summed E-state index contributed by atoms with van der Waals surface area (Å²) in [6.45, 7) is 0.943. The van der Waals surface area contributed by atoms with Gasteiger partial charge in [0.05, 0.1) is 14.2 Å². The van der Waals surface area contributed by atoms with E-state index in [1.165, 1.54) is 0 Å². The number of rotatable bonds is 7. The Hall–Kier alpha value is -2.60. The lowest BCUT2D eigenvalue weighted by Crippen LogP contribution is -2.40. The van der Waals surface area contributed by atoms with E-state index in [0.717, 1.165) is 36.8 Å². The number of pyridine rings is 1. The van der Waals surface area contributed by atoms with Crippen LogP contribution in [0, 0.1) is 5.92 Å². The molecule has 0 radical (unpaired) electrons. The van der Waals surface area contributed by atoms with Crippen molar-refractivity contribution in [1.29, 1.82) is 0 Å². The number of benzene rings is 1. The van der Waals surface area contributed by atoms with Crippen LogP contribution < -0.4 is 15.2 Å². The Morgan fingerprint density at radius 2 is 2.04 bits per heavy atom. The summed E-state index contributed by atoms with van der Waals surface area (Å²) in [5, 5.41) is 0. The second kappa shape index (κ2) is 9.55. The molecule has 6 nitrogen and oxygen atoms in total. The summed E-state index contributed by atoms with van der Waals surface area (Å²) in [5.74, 6) is 1.43. The van der Waals surface area contributed by atoms with Gasteiger partial charge in [-0.1, -0.05) is 24.6 Å². The zero-order chi connectivity index (χ0) is 19.9. The molecule has 6 heteroatoms. The molecule has 1 heterocycles. The van der Waals surface area contributed by atoms with E-state index in [0.29, 0.717) is 24.6 Å². The summed E-state index contributed by atoms with van der Waals surface area (Å²) >= 11 is 0.